The van der Waals surface area contributed by atoms with E-state index < -0.39 is 60.2 Å². The summed E-state index contributed by atoms with van der Waals surface area (Å²) < 4.78 is 0. The molecule has 48 heavy (non-hydrogen) atoms. The predicted molar refractivity (Wildman–Crippen MR) is 185 cm³/mol. The van der Waals surface area contributed by atoms with Gasteiger partial charge in [-0.3, -0.25) is 29.0 Å². The average Bonchev–Trinajstić information content (AvgIpc) is 3.06. The molecule has 0 heterocycles. The molecule has 0 unspecified atom stereocenters. The smallest absolute Gasteiger partial charge is 0.243 e. The minimum Gasteiger partial charge on any atom is -0.508 e. The molecule has 0 radical (unpaired) electrons. The Bertz CT molecular complexity index is 1370. The minimum absolute atomic E-state index is 0.0717. The highest BCUT2D eigenvalue weighted by atomic mass is 32.2. The molecule has 4 atom stereocenters. The van der Waals surface area contributed by atoms with Crippen LogP contribution >= 0.6 is 11.8 Å². The number of aryl methyl sites for hydroxylation is 1. The fourth-order valence-electron chi connectivity index (χ4n) is 4.58. The van der Waals surface area contributed by atoms with Gasteiger partial charge >= 0.3 is 0 Å². The molecule has 13 N–H and O–H groups in total. The van der Waals surface area contributed by atoms with Crippen molar-refractivity contribution < 1.29 is 29.1 Å². The van der Waals surface area contributed by atoms with Crippen LogP contribution in [0.15, 0.2) is 59.6 Å². The number of nitrogens with zero attached hydrogens (tertiary/aromatic N) is 1. The second-order valence-corrected chi connectivity index (χ2v) is 12.1. The molecule has 16 heteroatoms. The summed E-state index contributed by atoms with van der Waals surface area (Å²) in [6.07, 6.45) is 3.47. The van der Waals surface area contributed by atoms with Crippen molar-refractivity contribution in [2.75, 3.05) is 25.1 Å². The number of carbonyl (C=O) groups excluding carboxylic acids is 5. The Morgan fingerprint density at radius 2 is 1.44 bits per heavy atom. The zero-order valence-corrected chi connectivity index (χ0v) is 27.8. The monoisotopic (exact) mass is 685 g/mol. The van der Waals surface area contributed by atoms with E-state index in [-0.39, 0.29) is 37.5 Å². The fourth-order valence-corrected chi connectivity index (χ4v) is 5.06. The molecule has 2 aromatic carbocycles. The van der Waals surface area contributed by atoms with Crippen LogP contribution in [0.25, 0.3) is 0 Å². The van der Waals surface area contributed by atoms with Crippen LogP contribution in [-0.2, 0) is 36.8 Å². The molecule has 0 fully saturated rings. The van der Waals surface area contributed by atoms with E-state index in [0.29, 0.717) is 30.6 Å². The number of thioether (sulfide) groups is 1. The minimum atomic E-state index is -1.07. The third-order valence-corrected chi connectivity index (χ3v) is 7.86. The Morgan fingerprint density at radius 3 is 2.06 bits per heavy atom. The predicted octanol–water partition coefficient (Wildman–Crippen LogP) is -1.24. The summed E-state index contributed by atoms with van der Waals surface area (Å²) in [5, 5.41) is 19.9. The number of benzene rings is 2. The number of aromatic hydroxyl groups is 1. The number of hydrogen-bond donors (Lipinski definition) is 9. The standard InChI is InChI=1S/C32H47N9O6S/c1-48-17-15-24(28(34)44)40-31(47)26(14-11-20-6-3-2-4-7-20)39-27(43)19-38-30(46)25(8-5-16-37-32(35)36)41-29(45)23(33)18-21-9-12-22(42)13-10-21/h2-4,6-7,9-10,12-13,23-26,42H,5,8,11,14-19,33H2,1H3,(H2,34,44)(H,38,46)(H,39,43)(H,40,47)(H,41,45)(H4,35,36,37)/t23-,24-,25+,26-/m0/s1. The third kappa shape index (κ3) is 15.2. The highest BCUT2D eigenvalue weighted by Crippen LogP contribution is 2.11. The Balaban J connectivity index is 2.08. The van der Waals surface area contributed by atoms with Crippen molar-refractivity contribution in [2.45, 2.75) is 62.7 Å². The van der Waals surface area contributed by atoms with Crippen molar-refractivity contribution in [3.63, 3.8) is 0 Å². The lowest BCUT2D eigenvalue weighted by atomic mass is 10.0. The van der Waals surface area contributed by atoms with Gasteiger partial charge in [0.25, 0.3) is 0 Å². The summed E-state index contributed by atoms with van der Waals surface area (Å²) in [5.74, 6) is -2.64. The normalized spacial score (nSPS) is 13.2. The van der Waals surface area contributed by atoms with Gasteiger partial charge < -0.3 is 49.3 Å². The van der Waals surface area contributed by atoms with E-state index in [4.69, 9.17) is 22.9 Å². The van der Waals surface area contributed by atoms with Crippen molar-refractivity contribution in [3.8, 4) is 5.75 Å². The highest BCUT2D eigenvalue weighted by Gasteiger charge is 2.27. The fraction of sp³-hybridized carbons (Fsp3) is 0.438. The van der Waals surface area contributed by atoms with Crippen LogP contribution in [0, 0.1) is 0 Å². The molecule has 0 saturated heterocycles. The molecule has 15 nitrogen and oxygen atoms in total. The zero-order valence-electron chi connectivity index (χ0n) is 27.0. The van der Waals surface area contributed by atoms with Crippen LogP contribution in [0.2, 0.25) is 0 Å². The van der Waals surface area contributed by atoms with Gasteiger partial charge in [-0.05, 0) is 73.8 Å². The molecule has 0 aliphatic heterocycles. The van der Waals surface area contributed by atoms with Crippen LogP contribution < -0.4 is 44.2 Å². The van der Waals surface area contributed by atoms with E-state index in [1.165, 1.54) is 23.9 Å². The summed E-state index contributed by atoms with van der Waals surface area (Å²) in [6, 6.07) is 11.5. The van der Waals surface area contributed by atoms with Gasteiger partial charge in [-0.2, -0.15) is 11.8 Å². The van der Waals surface area contributed by atoms with Gasteiger partial charge in [-0.25, -0.2) is 0 Å². The molecule has 0 aliphatic rings. The number of rotatable bonds is 21. The van der Waals surface area contributed by atoms with Crippen LogP contribution in [-0.4, -0.2) is 89.9 Å². The van der Waals surface area contributed by atoms with Gasteiger partial charge in [-0.1, -0.05) is 42.5 Å². The van der Waals surface area contributed by atoms with Crippen LogP contribution in [0.4, 0.5) is 0 Å². The molecular formula is C32H47N9O6S. The number of primary amides is 1. The average molecular weight is 686 g/mol. The first kappa shape index (κ1) is 39.3. The largest absolute Gasteiger partial charge is 0.508 e. The van der Waals surface area contributed by atoms with E-state index in [1.54, 1.807) is 12.1 Å². The van der Waals surface area contributed by atoms with E-state index in [9.17, 15) is 29.1 Å². The van der Waals surface area contributed by atoms with Crippen LogP contribution in [0.1, 0.15) is 36.8 Å². The van der Waals surface area contributed by atoms with Crippen molar-refractivity contribution in [3.05, 3.63) is 65.7 Å². The number of amides is 5. The number of hydrogen-bond acceptors (Lipinski definition) is 9. The highest BCUT2D eigenvalue weighted by molar-refractivity contribution is 7.98. The number of nitrogens with two attached hydrogens (primary N) is 4. The number of carbonyl (C=O) groups is 5. The van der Waals surface area contributed by atoms with Crippen molar-refractivity contribution in [2.24, 2.45) is 27.9 Å². The molecule has 0 spiro atoms. The maximum atomic E-state index is 13.2. The number of nitrogens with one attached hydrogen (secondary N) is 4. The Morgan fingerprint density at radius 1 is 0.792 bits per heavy atom. The second-order valence-electron chi connectivity index (χ2n) is 11.1. The molecular weight excluding hydrogens is 638 g/mol. The topological polar surface area (TPSA) is 270 Å². The Labute approximate surface area is 284 Å². The Kier molecular flexibility index (Phi) is 17.3. The first-order valence-corrected chi connectivity index (χ1v) is 16.9. The molecule has 0 aliphatic carbocycles. The van der Waals surface area contributed by atoms with Gasteiger partial charge in [0, 0.05) is 6.54 Å². The van der Waals surface area contributed by atoms with Gasteiger partial charge in [0.15, 0.2) is 5.96 Å². The third-order valence-electron chi connectivity index (χ3n) is 7.22. The number of phenolic OH excluding ortho intramolecular Hbond substituents is 1. The maximum Gasteiger partial charge on any atom is 0.243 e. The quantitative estimate of drug-likeness (QED) is 0.0428. The summed E-state index contributed by atoms with van der Waals surface area (Å²) in [5.41, 5.74) is 24.0. The van der Waals surface area contributed by atoms with Gasteiger partial charge in [0.1, 0.15) is 23.9 Å². The number of guanidine groups is 1. The maximum absolute atomic E-state index is 13.2. The number of phenols is 1. The van der Waals surface area contributed by atoms with Crippen molar-refractivity contribution >= 4 is 47.3 Å². The first-order valence-electron chi connectivity index (χ1n) is 15.5. The molecule has 2 aromatic rings. The van der Waals surface area contributed by atoms with Gasteiger partial charge in [-0.15, -0.1) is 0 Å². The summed E-state index contributed by atoms with van der Waals surface area (Å²) in [4.78, 5) is 68.2. The lowest BCUT2D eigenvalue weighted by molar-refractivity contribution is -0.132. The lowest BCUT2D eigenvalue weighted by Gasteiger charge is -2.23. The molecule has 262 valence electrons. The SMILES string of the molecule is CSCC[C@H](NC(=O)[C@H](CCc1ccccc1)NC(=O)CNC(=O)[C@@H](CCCN=C(N)N)NC(=O)[C@@H](N)Cc1ccc(O)cc1)C(N)=O. The van der Waals surface area contributed by atoms with Crippen molar-refractivity contribution in [1.29, 1.82) is 0 Å². The number of aliphatic imine (C=N–C) groups is 1. The van der Waals surface area contributed by atoms with Crippen LogP contribution in [0.5, 0.6) is 5.75 Å². The summed E-state index contributed by atoms with van der Waals surface area (Å²) in [6.45, 7) is -0.303. The lowest BCUT2D eigenvalue weighted by Crippen LogP contribution is -2.55. The van der Waals surface area contributed by atoms with E-state index >= 15 is 0 Å². The molecule has 0 saturated carbocycles. The molecule has 5 amide bonds. The van der Waals surface area contributed by atoms with Crippen molar-refractivity contribution in [1.82, 2.24) is 21.3 Å². The van der Waals surface area contributed by atoms with Crippen LogP contribution in [0.3, 0.4) is 0 Å². The zero-order chi connectivity index (χ0) is 35.5. The summed E-state index contributed by atoms with van der Waals surface area (Å²) >= 11 is 1.50. The Hall–Kier alpha value is -4.83. The second kappa shape index (κ2) is 21.1. The van der Waals surface area contributed by atoms with E-state index in [1.807, 2.05) is 36.6 Å². The molecule has 2 rings (SSSR count). The molecule has 0 aromatic heterocycles. The first-order chi connectivity index (χ1) is 22.9. The van der Waals surface area contributed by atoms with Gasteiger partial charge in [0.05, 0.1) is 12.6 Å². The van der Waals surface area contributed by atoms with E-state index in [2.05, 4.69) is 26.3 Å². The van der Waals surface area contributed by atoms with E-state index in [0.717, 1.165) is 5.56 Å². The summed E-state index contributed by atoms with van der Waals surface area (Å²) in [7, 11) is 0. The molecule has 0 bridgehead atoms. The van der Waals surface area contributed by atoms with Gasteiger partial charge in [0.2, 0.25) is 29.5 Å².